The lowest BCUT2D eigenvalue weighted by atomic mass is 9.98. The van der Waals surface area contributed by atoms with Crippen LogP contribution in [0, 0.1) is 6.92 Å². The molecule has 0 heterocycles. The van der Waals surface area contributed by atoms with E-state index in [1.54, 1.807) is 6.92 Å². The third kappa shape index (κ3) is 5.76. The van der Waals surface area contributed by atoms with Crippen LogP contribution in [0.5, 0.6) is 5.75 Å². The van der Waals surface area contributed by atoms with Crippen LogP contribution < -0.4 is 15.8 Å². The molecular weight excluding hydrogens is 264 g/mol. The van der Waals surface area contributed by atoms with Crippen LogP contribution >= 0.6 is 0 Å². The maximum Gasteiger partial charge on any atom is 0.260 e. The molecule has 4 nitrogen and oxygen atoms in total. The molecule has 0 aromatic heterocycles. The second-order valence-electron chi connectivity index (χ2n) is 5.72. The lowest BCUT2D eigenvalue weighted by molar-refractivity contribution is -0.127. The number of nitrogens with one attached hydrogen (secondary N) is 1. The molecule has 0 aliphatic heterocycles. The first kappa shape index (κ1) is 17.5. The van der Waals surface area contributed by atoms with Gasteiger partial charge in [-0.3, -0.25) is 4.79 Å². The Morgan fingerprint density at radius 2 is 2.00 bits per heavy atom. The monoisotopic (exact) mass is 292 g/mol. The summed E-state index contributed by atoms with van der Waals surface area (Å²) in [6, 6.07) is 6.00. The number of ether oxygens (including phenoxy) is 1. The summed E-state index contributed by atoms with van der Waals surface area (Å²) in [5, 5.41) is 2.86. The van der Waals surface area contributed by atoms with Crippen LogP contribution in [0.4, 0.5) is 0 Å². The molecule has 0 saturated carbocycles. The highest BCUT2D eigenvalue weighted by Crippen LogP contribution is 2.24. The van der Waals surface area contributed by atoms with Crippen LogP contribution in [0.15, 0.2) is 18.2 Å². The van der Waals surface area contributed by atoms with Crippen molar-refractivity contribution < 1.29 is 9.53 Å². The van der Waals surface area contributed by atoms with Gasteiger partial charge in [-0.1, -0.05) is 19.9 Å². The van der Waals surface area contributed by atoms with Gasteiger partial charge in [-0.15, -0.1) is 0 Å². The number of benzene rings is 1. The maximum atomic E-state index is 11.9. The number of aryl methyl sites for hydroxylation is 1. The highest BCUT2D eigenvalue weighted by molar-refractivity contribution is 5.80. The van der Waals surface area contributed by atoms with E-state index in [0.29, 0.717) is 19.0 Å². The van der Waals surface area contributed by atoms with E-state index in [-0.39, 0.29) is 5.91 Å². The second-order valence-corrected chi connectivity index (χ2v) is 5.72. The molecule has 4 heteroatoms. The van der Waals surface area contributed by atoms with Gasteiger partial charge in [0, 0.05) is 6.54 Å². The van der Waals surface area contributed by atoms with Gasteiger partial charge in [0.1, 0.15) is 5.75 Å². The first-order valence-corrected chi connectivity index (χ1v) is 7.70. The largest absolute Gasteiger partial charge is 0.481 e. The molecular formula is C17H28N2O2. The van der Waals surface area contributed by atoms with E-state index in [1.165, 1.54) is 11.1 Å². The Hall–Kier alpha value is -1.55. The van der Waals surface area contributed by atoms with Crippen molar-refractivity contribution in [2.45, 2.75) is 52.6 Å². The fraction of sp³-hybridized carbons (Fsp3) is 0.588. The summed E-state index contributed by atoms with van der Waals surface area (Å²) in [6.45, 7) is 9.47. The molecule has 1 amide bonds. The zero-order chi connectivity index (χ0) is 15.8. The average Bonchev–Trinajstić information content (AvgIpc) is 2.43. The smallest absolute Gasteiger partial charge is 0.260 e. The summed E-state index contributed by atoms with van der Waals surface area (Å²) >= 11 is 0. The minimum Gasteiger partial charge on any atom is -0.481 e. The number of nitrogens with two attached hydrogens (primary N) is 1. The maximum absolute atomic E-state index is 11.9. The van der Waals surface area contributed by atoms with Crippen LogP contribution in [0.2, 0.25) is 0 Å². The standard InChI is InChI=1S/C17H28N2O2/c1-12(2)16-8-7-15(11-13(16)3)21-14(4)17(20)19-10-6-5-9-18/h7-8,11-12,14H,5-6,9-10,18H2,1-4H3,(H,19,20). The number of unbranched alkanes of at least 4 members (excludes halogenated alkanes) is 1. The summed E-state index contributed by atoms with van der Waals surface area (Å²) in [5.41, 5.74) is 7.92. The van der Waals surface area contributed by atoms with Crippen molar-refractivity contribution in [1.82, 2.24) is 5.32 Å². The zero-order valence-corrected chi connectivity index (χ0v) is 13.6. The summed E-state index contributed by atoms with van der Waals surface area (Å²) < 4.78 is 5.71. The topological polar surface area (TPSA) is 64.3 Å². The van der Waals surface area contributed by atoms with E-state index in [4.69, 9.17) is 10.5 Å². The Labute approximate surface area is 128 Å². The molecule has 0 spiro atoms. The summed E-state index contributed by atoms with van der Waals surface area (Å²) in [4.78, 5) is 11.9. The van der Waals surface area contributed by atoms with E-state index >= 15 is 0 Å². The van der Waals surface area contributed by atoms with E-state index in [9.17, 15) is 4.79 Å². The number of rotatable bonds is 8. The van der Waals surface area contributed by atoms with E-state index < -0.39 is 6.10 Å². The summed E-state index contributed by atoms with van der Waals surface area (Å²) in [6.07, 6.45) is 1.33. The second kappa shape index (κ2) is 8.67. The fourth-order valence-electron chi connectivity index (χ4n) is 2.25. The van der Waals surface area contributed by atoms with E-state index in [1.807, 2.05) is 12.1 Å². The van der Waals surface area contributed by atoms with Gasteiger partial charge in [0.05, 0.1) is 0 Å². The van der Waals surface area contributed by atoms with Crippen molar-refractivity contribution in [1.29, 1.82) is 0 Å². The molecule has 1 rings (SSSR count). The van der Waals surface area contributed by atoms with Crippen molar-refractivity contribution in [2.75, 3.05) is 13.1 Å². The SMILES string of the molecule is Cc1cc(OC(C)C(=O)NCCCCN)ccc1C(C)C. The third-order valence-electron chi connectivity index (χ3n) is 3.48. The first-order valence-electron chi connectivity index (χ1n) is 7.70. The molecule has 1 unspecified atom stereocenters. The van der Waals surface area contributed by atoms with Gasteiger partial charge >= 0.3 is 0 Å². The van der Waals surface area contributed by atoms with Crippen LogP contribution in [0.3, 0.4) is 0 Å². The molecule has 0 aliphatic carbocycles. The van der Waals surface area contributed by atoms with Crippen molar-refractivity contribution in [3.05, 3.63) is 29.3 Å². The molecule has 0 bridgehead atoms. The zero-order valence-electron chi connectivity index (χ0n) is 13.6. The lowest BCUT2D eigenvalue weighted by Crippen LogP contribution is -2.36. The minimum absolute atomic E-state index is 0.0855. The van der Waals surface area contributed by atoms with Crippen LogP contribution in [-0.2, 0) is 4.79 Å². The van der Waals surface area contributed by atoms with Crippen LogP contribution in [0.1, 0.15) is 50.7 Å². The third-order valence-corrected chi connectivity index (χ3v) is 3.48. The predicted octanol–water partition coefficient (Wildman–Crippen LogP) is 2.74. The van der Waals surface area contributed by atoms with Gasteiger partial charge in [-0.05, 0) is 62.4 Å². The highest BCUT2D eigenvalue weighted by atomic mass is 16.5. The van der Waals surface area contributed by atoms with Crippen LogP contribution in [0.25, 0.3) is 0 Å². The number of amides is 1. The van der Waals surface area contributed by atoms with Crippen molar-refractivity contribution in [3.63, 3.8) is 0 Å². The van der Waals surface area contributed by atoms with Gasteiger partial charge in [-0.25, -0.2) is 0 Å². The van der Waals surface area contributed by atoms with Crippen molar-refractivity contribution >= 4 is 5.91 Å². The molecule has 0 saturated heterocycles. The van der Waals surface area contributed by atoms with Crippen LogP contribution in [-0.4, -0.2) is 25.1 Å². The Morgan fingerprint density at radius 3 is 2.57 bits per heavy atom. The van der Waals surface area contributed by atoms with Gasteiger partial charge in [0.15, 0.2) is 6.10 Å². The Morgan fingerprint density at radius 1 is 1.29 bits per heavy atom. The number of hydrogen-bond acceptors (Lipinski definition) is 3. The molecule has 0 aliphatic rings. The molecule has 21 heavy (non-hydrogen) atoms. The number of carbonyl (C=O) groups excluding carboxylic acids is 1. The first-order chi connectivity index (χ1) is 9.95. The van der Waals surface area contributed by atoms with Gasteiger partial charge < -0.3 is 15.8 Å². The molecule has 0 fully saturated rings. The number of carbonyl (C=O) groups is 1. The molecule has 1 atom stereocenters. The Bertz CT molecular complexity index is 458. The normalized spacial score (nSPS) is 12.3. The van der Waals surface area contributed by atoms with Gasteiger partial charge in [-0.2, -0.15) is 0 Å². The molecule has 118 valence electrons. The predicted molar refractivity (Wildman–Crippen MR) is 86.7 cm³/mol. The lowest BCUT2D eigenvalue weighted by Gasteiger charge is -2.17. The quantitative estimate of drug-likeness (QED) is 0.724. The summed E-state index contributed by atoms with van der Waals surface area (Å²) in [7, 11) is 0. The molecule has 1 aromatic rings. The average molecular weight is 292 g/mol. The van der Waals surface area contributed by atoms with Crippen molar-refractivity contribution in [3.8, 4) is 5.75 Å². The van der Waals surface area contributed by atoms with Crippen molar-refractivity contribution in [2.24, 2.45) is 5.73 Å². The van der Waals surface area contributed by atoms with Gasteiger partial charge in [0.2, 0.25) is 0 Å². The van der Waals surface area contributed by atoms with E-state index in [0.717, 1.165) is 18.6 Å². The molecule has 0 radical (unpaired) electrons. The highest BCUT2D eigenvalue weighted by Gasteiger charge is 2.14. The Kier molecular flexibility index (Phi) is 7.23. The fourth-order valence-corrected chi connectivity index (χ4v) is 2.25. The number of hydrogen-bond donors (Lipinski definition) is 2. The molecule has 1 aromatic carbocycles. The minimum atomic E-state index is -0.493. The van der Waals surface area contributed by atoms with E-state index in [2.05, 4.69) is 32.2 Å². The van der Waals surface area contributed by atoms with Gasteiger partial charge in [0.25, 0.3) is 5.91 Å². The molecule has 3 N–H and O–H groups in total. The Balaban J connectivity index is 2.52. The summed E-state index contributed by atoms with van der Waals surface area (Å²) in [5.74, 6) is 1.14.